The molecule has 12 heteroatoms. The van der Waals surface area contributed by atoms with Crippen LogP contribution in [0.2, 0.25) is 37.8 Å². The molecule has 6 N–H and O–H groups in total. The predicted octanol–water partition coefficient (Wildman–Crippen LogP) is 2.34. The Labute approximate surface area is 181 Å². The third kappa shape index (κ3) is 10.9. The first kappa shape index (κ1) is 26.5. The van der Waals surface area contributed by atoms with E-state index in [1.165, 1.54) is 0 Å². The van der Waals surface area contributed by atoms with Gasteiger partial charge in [0.2, 0.25) is 0 Å². The van der Waals surface area contributed by atoms with E-state index in [2.05, 4.69) is 19.6 Å². The number of hydrogen-bond acceptors (Lipinski definition) is 9. The molecule has 1 fully saturated rings. The summed E-state index contributed by atoms with van der Waals surface area (Å²) in [7, 11) is -6.68. The average molecular weight is 490 g/mol. The second-order valence-corrected chi connectivity index (χ2v) is 21.6. The van der Waals surface area contributed by atoms with Crippen molar-refractivity contribution in [3.63, 3.8) is 0 Å². The Balaban J connectivity index is 2.74. The maximum atomic E-state index is 6.70. The van der Waals surface area contributed by atoms with Crippen LogP contribution in [0.5, 0.6) is 0 Å². The number of rotatable bonds is 15. The van der Waals surface area contributed by atoms with E-state index in [9.17, 15) is 0 Å². The summed E-state index contributed by atoms with van der Waals surface area (Å²) in [6.07, 6.45) is 0. The molecule has 0 aromatic carbocycles. The van der Waals surface area contributed by atoms with E-state index in [1.54, 1.807) is 0 Å². The van der Waals surface area contributed by atoms with Gasteiger partial charge < -0.3 is 29.5 Å². The van der Waals surface area contributed by atoms with Crippen LogP contribution in [0.25, 0.3) is 0 Å². The lowest BCUT2D eigenvalue weighted by Gasteiger charge is -2.50. The minimum atomic E-state index is -2.23. The Bertz CT molecular complexity index is 354. The molecule has 0 bridgehead atoms. The Morgan fingerprint density at radius 2 is 0.778 bits per heavy atom. The molecule has 1 saturated heterocycles. The topological polar surface area (TPSA) is 106 Å². The molecule has 1 aliphatic heterocycles. The van der Waals surface area contributed by atoms with Crippen molar-refractivity contribution in [3.05, 3.63) is 0 Å². The third-order valence-electron chi connectivity index (χ3n) is 4.18. The minimum Gasteiger partial charge on any atom is -0.416 e. The smallest absolute Gasteiger partial charge is 0.318 e. The lowest BCUT2D eigenvalue weighted by molar-refractivity contribution is 0.225. The summed E-state index contributed by atoms with van der Waals surface area (Å²) in [6.45, 7) is 8.91. The van der Waals surface area contributed by atoms with E-state index in [4.69, 9.17) is 29.5 Å². The standard InChI is InChI=1S/C15H39N3O3S3Si3/c1-25(13-10-22-7-4-16)19-26(2,14-11-23-8-5-17)21-27(3,20-25)15-12-24-9-6-18/h4-18H2,1-3H3. The van der Waals surface area contributed by atoms with Gasteiger partial charge in [-0.3, -0.25) is 0 Å². The molecular weight excluding hydrogens is 451 g/mol. The second kappa shape index (κ2) is 13.7. The largest absolute Gasteiger partial charge is 0.416 e. The van der Waals surface area contributed by atoms with Gasteiger partial charge in [-0.25, -0.2) is 0 Å². The first-order valence-electron chi connectivity index (χ1n) is 9.74. The van der Waals surface area contributed by atoms with Gasteiger partial charge in [-0.1, -0.05) is 0 Å². The van der Waals surface area contributed by atoms with Crippen LogP contribution in [0.3, 0.4) is 0 Å². The van der Waals surface area contributed by atoms with Crippen LogP contribution in [0.15, 0.2) is 0 Å². The molecule has 0 atom stereocenters. The van der Waals surface area contributed by atoms with E-state index in [0.29, 0.717) is 0 Å². The molecule has 27 heavy (non-hydrogen) atoms. The highest BCUT2D eigenvalue weighted by atomic mass is 32.2. The molecule has 0 aromatic rings. The lowest BCUT2D eigenvalue weighted by atomic mass is 10.8. The number of nitrogens with two attached hydrogens (primary N) is 3. The van der Waals surface area contributed by atoms with E-state index in [-0.39, 0.29) is 0 Å². The summed E-state index contributed by atoms with van der Waals surface area (Å²) in [5, 5.41) is 0. The zero-order valence-electron chi connectivity index (χ0n) is 17.2. The molecular formula is C15H39N3O3S3Si3. The van der Waals surface area contributed by atoms with Gasteiger partial charge >= 0.3 is 25.7 Å². The Hall–Kier alpha value is 1.46. The molecule has 0 saturated carbocycles. The molecule has 0 aliphatic carbocycles. The van der Waals surface area contributed by atoms with Gasteiger partial charge in [0.15, 0.2) is 0 Å². The van der Waals surface area contributed by atoms with Crippen LogP contribution in [0.4, 0.5) is 0 Å². The van der Waals surface area contributed by atoms with E-state index < -0.39 is 25.7 Å². The van der Waals surface area contributed by atoms with Crippen molar-refractivity contribution < 1.29 is 12.3 Å². The van der Waals surface area contributed by atoms with Crippen LogP contribution in [0, 0.1) is 0 Å². The van der Waals surface area contributed by atoms with Gasteiger partial charge in [0.1, 0.15) is 0 Å². The summed E-state index contributed by atoms with van der Waals surface area (Å²) in [4.78, 5) is 0. The van der Waals surface area contributed by atoms with Crippen LogP contribution in [-0.2, 0) is 12.3 Å². The van der Waals surface area contributed by atoms with Crippen molar-refractivity contribution >= 4 is 61.0 Å². The van der Waals surface area contributed by atoms with Crippen LogP contribution >= 0.6 is 35.3 Å². The summed E-state index contributed by atoms with van der Waals surface area (Å²) in [5.74, 6) is 6.15. The fraction of sp³-hybridized carbons (Fsp3) is 1.00. The maximum absolute atomic E-state index is 6.70. The fourth-order valence-corrected chi connectivity index (χ4v) is 25.4. The van der Waals surface area contributed by atoms with Crippen molar-refractivity contribution in [2.45, 2.75) is 37.8 Å². The molecule has 0 amide bonds. The first-order valence-corrected chi connectivity index (χ1v) is 20.8. The van der Waals surface area contributed by atoms with E-state index in [1.807, 2.05) is 35.3 Å². The van der Waals surface area contributed by atoms with Gasteiger partial charge in [-0.05, 0) is 55.0 Å². The molecule has 162 valence electrons. The minimum absolute atomic E-state index is 0.726. The molecule has 0 aromatic heterocycles. The molecule has 0 spiro atoms. The van der Waals surface area contributed by atoms with E-state index >= 15 is 0 Å². The van der Waals surface area contributed by atoms with Gasteiger partial charge in [-0.15, -0.1) is 0 Å². The zero-order chi connectivity index (χ0) is 20.2. The van der Waals surface area contributed by atoms with Crippen molar-refractivity contribution in [2.24, 2.45) is 17.2 Å². The SMILES string of the molecule is C[Si]1(CCSCCN)O[Si](C)(CCSCCN)O[Si](C)(CCSCCN)O1. The predicted molar refractivity (Wildman–Crippen MR) is 132 cm³/mol. The quantitative estimate of drug-likeness (QED) is 0.236. The number of thioether (sulfide) groups is 3. The molecule has 1 heterocycles. The first-order chi connectivity index (χ1) is 12.8. The second-order valence-electron chi connectivity index (χ2n) is 7.16. The highest BCUT2D eigenvalue weighted by Gasteiger charge is 2.55. The average Bonchev–Trinajstić information content (AvgIpc) is 2.58. The third-order valence-corrected chi connectivity index (χ3v) is 22.2. The summed E-state index contributed by atoms with van der Waals surface area (Å²) >= 11 is 5.70. The van der Waals surface area contributed by atoms with Crippen LogP contribution in [0.1, 0.15) is 0 Å². The van der Waals surface area contributed by atoms with Crippen LogP contribution in [-0.4, -0.2) is 79.8 Å². The molecule has 0 unspecified atom stereocenters. The monoisotopic (exact) mass is 489 g/mol. The molecule has 1 aliphatic rings. The van der Waals surface area contributed by atoms with Crippen molar-refractivity contribution in [1.29, 1.82) is 0 Å². The van der Waals surface area contributed by atoms with Crippen molar-refractivity contribution in [2.75, 3.05) is 54.2 Å². The lowest BCUT2D eigenvalue weighted by Crippen LogP contribution is -2.67. The maximum Gasteiger partial charge on any atom is 0.318 e. The highest BCUT2D eigenvalue weighted by molar-refractivity contribution is 7.99. The van der Waals surface area contributed by atoms with Crippen LogP contribution < -0.4 is 17.2 Å². The fourth-order valence-electron chi connectivity index (χ4n) is 3.07. The van der Waals surface area contributed by atoms with Gasteiger partial charge in [0.05, 0.1) is 0 Å². The van der Waals surface area contributed by atoms with Crippen molar-refractivity contribution in [3.8, 4) is 0 Å². The van der Waals surface area contributed by atoms with Crippen molar-refractivity contribution in [1.82, 2.24) is 0 Å². The Morgan fingerprint density at radius 1 is 0.519 bits per heavy atom. The molecule has 6 nitrogen and oxygen atoms in total. The Morgan fingerprint density at radius 3 is 1.00 bits per heavy atom. The van der Waals surface area contributed by atoms with Gasteiger partial charge in [0.25, 0.3) is 0 Å². The Kier molecular flexibility index (Phi) is 13.4. The van der Waals surface area contributed by atoms with Gasteiger partial charge in [-0.2, -0.15) is 35.3 Å². The summed E-state index contributed by atoms with van der Waals surface area (Å²) in [6, 6.07) is 3.04. The normalized spacial score (nSPS) is 31.3. The highest BCUT2D eigenvalue weighted by Crippen LogP contribution is 2.38. The zero-order valence-corrected chi connectivity index (χ0v) is 22.6. The molecule has 0 radical (unpaired) electrons. The van der Waals surface area contributed by atoms with Gasteiger partial charge in [0, 0.05) is 36.9 Å². The summed E-state index contributed by atoms with van der Waals surface area (Å²) in [5.41, 5.74) is 16.9. The number of hydrogen-bond donors (Lipinski definition) is 3. The molecule has 1 rings (SSSR count). The summed E-state index contributed by atoms with van der Waals surface area (Å²) < 4.78 is 20.1. The van der Waals surface area contributed by atoms with E-state index in [0.717, 1.165) is 72.3 Å².